The predicted molar refractivity (Wildman–Crippen MR) is 110 cm³/mol. The molecule has 8 heteroatoms. The van der Waals surface area contributed by atoms with E-state index in [1.165, 1.54) is 0 Å². The molecule has 29 heavy (non-hydrogen) atoms. The second kappa shape index (κ2) is 8.84. The third-order valence-electron chi connectivity index (χ3n) is 5.17. The van der Waals surface area contributed by atoms with Gasteiger partial charge >= 0.3 is 5.97 Å². The van der Waals surface area contributed by atoms with Crippen LogP contribution in [0.25, 0.3) is 10.9 Å². The molecule has 0 spiro atoms. The maximum atomic E-state index is 12.9. The lowest BCUT2D eigenvalue weighted by molar-refractivity contribution is -0.907. The van der Waals surface area contributed by atoms with Crippen molar-refractivity contribution >= 4 is 28.5 Å². The van der Waals surface area contributed by atoms with Crippen molar-refractivity contribution in [2.24, 2.45) is 7.05 Å². The van der Waals surface area contributed by atoms with E-state index in [2.05, 4.69) is 5.32 Å². The lowest BCUT2D eigenvalue weighted by Crippen LogP contribution is -3.16. The number of hydrogen-bond acceptors (Lipinski definition) is 5. The second-order valence-corrected chi connectivity index (χ2v) is 7.53. The first-order chi connectivity index (χ1) is 13.8. The van der Waals surface area contributed by atoms with Crippen molar-refractivity contribution in [3.63, 3.8) is 0 Å². The predicted octanol–water partition coefficient (Wildman–Crippen LogP) is 0.994. The summed E-state index contributed by atoms with van der Waals surface area (Å²) in [6.45, 7) is 7.89. The Bertz CT molecular complexity index is 897. The number of morpholine rings is 1. The van der Waals surface area contributed by atoms with Gasteiger partial charge in [-0.05, 0) is 39.0 Å². The smallest absolute Gasteiger partial charge is 0.357 e. The minimum atomic E-state index is -0.471. The van der Waals surface area contributed by atoms with Crippen molar-refractivity contribution in [1.82, 2.24) is 4.57 Å². The molecular weight excluding hydrogens is 374 g/mol. The number of nitrogens with zero attached hydrogens (tertiary/aromatic N) is 1. The number of aryl methyl sites for hydroxylation is 1. The number of ether oxygens (including phenoxy) is 3. The van der Waals surface area contributed by atoms with Crippen LogP contribution >= 0.6 is 0 Å². The summed E-state index contributed by atoms with van der Waals surface area (Å²) < 4.78 is 18.1. The van der Waals surface area contributed by atoms with Gasteiger partial charge in [0.2, 0.25) is 0 Å². The number of aromatic nitrogens is 1. The Hall–Kier alpha value is -2.58. The Morgan fingerprint density at radius 3 is 2.59 bits per heavy atom. The lowest BCUT2D eigenvalue weighted by Gasteiger charge is -2.31. The van der Waals surface area contributed by atoms with Gasteiger partial charge in [-0.2, -0.15) is 0 Å². The fourth-order valence-corrected chi connectivity index (χ4v) is 4.06. The second-order valence-electron chi connectivity index (χ2n) is 7.53. The van der Waals surface area contributed by atoms with Crippen LogP contribution in [0.5, 0.6) is 5.75 Å². The van der Waals surface area contributed by atoms with Gasteiger partial charge in [-0.1, -0.05) is 0 Å². The molecule has 3 rings (SSSR count). The van der Waals surface area contributed by atoms with E-state index >= 15 is 0 Å². The summed E-state index contributed by atoms with van der Waals surface area (Å²) in [6, 6.07) is 5.51. The summed E-state index contributed by atoms with van der Waals surface area (Å²) in [5.74, 6) is 0.0269. The van der Waals surface area contributed by atoms with Gasteiger partial charge in [0.15, 0.2) is 12.2 Å². The fraction of sp³-hybridized carbons (Fsp3) is 0.524. The Kier molecular flexibility index (Phi) is 6.44. The Balaban J connectivity index is 1.92. The highest BCUT2D eigenvalue weighted by molar-refractivity contribution is 6.11. The molecule has 0 radical (unpaired) electrons. The van der Waals surface area contributed by atoms with Crippen LogP contribution in [0, 0.1) is 0 Å². The first-order valence-corrected chi connectivity index (χ1v) is 9.96. The summed E-state index contributed by atoms with van der Waals surface area (Å²) in [5, 5.41) is 3.70. The van der Waals surface area contributed by atoms with Crippen molar-refractivity contribution in [2.75, 3.05) is 38.7 Å². The number of rotatable bonds is 6. The Labute approximate surface area is 170 Å². The van der Waals surface area contributed by atoms with Gasteiger partial charge in [-0.3, -0.25) is 4.79 Å². The van der Waals surface area contributed by atoms with E-state index in [4.69, 9.17) is 14.2 Å². The first kappa shape index (κ1) is 21.1. The van der Waals surface area contributed by atoms with Crippen LogP contribution in [0.3, 0.4) is 0 Å². The zero-order valence-electron chi connectivity index (χ0n) is 17.7. The van der Waals surface area contributed by atoms with Crippen molar-refractivity contribution < 1.29 is 28.7 Å². The van der Waals surface area contributed by atoms with Crippen LogP contribution in [0.15, 0.2) is 18.2 Å². The SMILES string of the molecule is CCOC(=O)c1c(NC(=O)C[NH+]2C[C@@H](C)O[C@H](C)C2)c2cc(OC)ccc2n1C. The van der Waals surface area contributed by atoms with Crippen LogP contribution in [-0.4, -0.2) is 62.0 Å². The lowest BCUT2D eigenvalue weighted by atomic mass is 10.2. The molecule has 0 unspecified atom stereocenters. The molecule has 2 atom stereocenters. The number of methoxy groups -OCH3 is 1. The normalized spacial score (nSPS) is 21.8. The highest BCUT2D eigenvalue weighted by Crippen LogP contribution is 2.33. The molecule has 1 aliphatic rings. The van der Waals surface area contributed by atoms with Crippen molar-refractivity contribution in [3.05, 3.63) is 23.9 Å². The molecule has 1 fully saturated rings. The van der Waals surface area contributed by atoms with Crippen LogP contribution in [0.1, 0.15) is 31.3 Å². The molecule has 1 amide bonds. The van der Waals surface area contributed by atoms with Crippen molar-refractivity contribution in [3.8, 4) is 5.75 Å². The number of esters is 1. The number of carbonyl (C=O) groups is 2. The monoisotopic (exact) mass is 404 g/mol. The van der Waals surface area contributed by atoms with Gasteiger partial charge in [0.25, 0.3) is 5.91 Å². The number of carbonyl (C=O) groups excluding carboxylic acids is 2. The molecule has 2 heterocycles. The molecule has 1 aliphatic heterocycles. The number of nitrogens with one attached hydrogen (secondary N) is 2. The zero-order valence-corrected chi connectivity index (χ0v) is 17.7. The van der Waals surface area contributed by atoms with Gasteiger partial charge in [-0.15, -0.1) is 0 Å². The Morgan fingerprint density at radius 1 is 1.28 bits per heavy atom. The number of fused-ring (bicyclic) bond motifs is 1. The molecule has 2 aromatic rings. The first-order valence-electron chi connectivity index (χ1n) is 9.96. The molecule has 1 aromatic heterocycles. The number of benzene rings is 1. The maximum Gasteiger partial charge on any atom is 0.357 e. The molecule has 1 aromatic carbocycles. The molecule has 2 N–H and O–H groups in total. The van der Waals surface area contributed by atoms with Crippen molar-refractivity contribution in [1.29, 1.82) is 0 Å². The topological polar surface area (TPSA) is 83.2 Å². The molecule has 158 valence electrons. The quantitative estimate of drug-likeness (QED) is 0.702. The fourth-order valence-electron chi connectivity index (χ4n) is 4.06. The molecular formula is C21H30N3O5+. The average Bonchev–Trinajstić information content (AvgIpc) is 2.92. The molecule has 0 bridgehead atoms. The van der Waals surface area contributed by atoms with Crippen LogP contribution in [0.4, 0.5) is 5.69 Å². The standard InChI is InChI=1S/C21H29N3O5/c1-6-28-21(26)20-19(16-9-15(27-5)7-8-17(16)23(20)4)22-18(25)12-24-10-13(2)29-14(3)11-24/h7-9,13-14H,6,10-12H2,1-5H3,(H,22,25)/p+1/t13-,14-/m1/s1. The number of amides is 1. The minimum Gasteiger partial charge on any atom is -0.497 e. The molecule has 0 saturated carbocycles. The van der Waals surface area contributed by atoms with Gasteiger partial charge in [-0.25, -0.2) is 4.79 Å². The highest BCUT2D eigenvalue weighted by atomic mass is 16.5. The third-order valence-corrected chi connectivity index (χ3v) is 5.17. The summed E-state index contributed by atoms with van der Waals surface area (Å²) in [6.07, 6.45) is 0.219. The molecule has 1 saturated heterocycles. The summed E-state index contributed by atoms with van der Waals surface area (Å²) >= 11 is 0. The average molecular weight is 404 g/mol. The van der Waals surface area contributed by atoms with E-state index in [1.54, 1.807) is 25.6 Å². The van der Waals surface area contributed by atoms with E-state index < -0.39 is 5.97 Å². The third kappa shape index (κ3) is 4.54. The number of quaternary nitrogens is 1. The van der Waals surface area contributed by atoms with Crippen LogP contribution in [-0.2, 0) is 21.3 Å². The summed E-state index contributed by atoms with van der Waals surface area (Å²) in [7, 11) is 3.37. The highest BCUT2D eigenvalue weighted by Gasteiger charge is 2.29. The largest absolute Gasteiger partial charge is 0.497 e. The van der Waals surface area contributed by atoms with Crippen molar-refractivity contribution in [2.45, 2.75) is 33.0 Å². The van der Waals surface area contributed by atoms with E-state index in [9.17, 15) is 9.59 Å². The van der Waals surface area contributed by atoms with Crippen LogP contribution < -0.4 is 15.0 Å². The van der Waals surface area contributed by atoms with E-state index in [-0.39, 0.29) is 24.7 Å². The maximum absolute atomic E-state index is 12.9. The van der Waals surface area contributed by atoms with Crippen LogP contribution in [0.2, 0.25) is 0 Å². The Morgan fingerprint density at radius 2 is 1.97 bits per heavy atom. The van der Waals surface area contributed by atoms with E-state index in [1.807, 2.05) is 32.0 Å². The molecule has 0 aliphatic carbocycles. The zero-order chi connectivity index (χ0) is 21.1. The summed E-state index contributed by atoms with van der Waals surface area (Å²) in [4.78, 5) is 26.6. The minimum absolute atomic E-state index is 0.110. The van der Waals surface area contributed by atoms with Gasteiger partial charge in [0.1, 0.15) is 31.0 Å². The van der Waals surface area contributed by atoms with Gasteiger partial charge in [0, 0.05) is 12.4 Å². The summed E-state index contributed by atoms with van der Waals surface area (Å²) in [5.41, 5.74) is 1.59. The van der Waals surface area contributed by atoms with E-state index in [0.29, 0.717) is 23.7 Å². The molecule has 8 nitrogen and oxygen atoms in total. The number of hydrogen-bond donors (Lipinski definition) is 2. The van der Waals surface area contributed by atoms with Gasteiger partial charge in [0.05, 0.1) is 24.9 Å². The van der Waals surface area contributed by atoms with E-state index in [0.717, 1.165) is 28.9 Å². The van der Waals surface area contributed by atoms with Gasteiger partial charge < -0.3 is 29.0 Å². The number of anilines is 1.